The molecule has 0 aliphatic rings. The first-order chi connectivity index (χ1) is 8.17. The number of aromatic nitrogens is 1. The van der Waals surface area contributed by atoms with E-state index < -0.39 is 0 Å². The van der Waals surface area contributed by atoms with Gasteiger partial charge in [-0.15, -0.1) is 0 Å². The van der Waals surface area contributed by atoms with Gasteiger partial charge in [-0.3, -0.25) is 0 Å². The van der Waals surface area contributed by atoms with Gasteiger partial charge in [-0.1, -0.05) is 36.8 Å². The number of rotatable bonds is 7. The summed E-state index contributed by atoms with van der Waals surface area (Å²) < 4.78 is 0. The molecule has 1 aromatic rings. The van der Waals surface area contributed by atoms with E-state index in [4.69, 9.17) is 21.8 Å². The highest BCUT2D eigenvalue weighted by molar-refractivity contribution is 7.16. The average Bonchev–Trinajstić information content (AvgIpc) is 2.70. The number of anilines is 1. The first-order valence-electron chi connectivity index (χ1n) is 5.81. The second-order valence-electron chi connectivity index (χ2n) is 3.76. The smallest absolute Gasteiger partial charge is 0.187 e. The molecule has 1 heterocycles. The second-order valence-corrected chi connectivity index (χ2v) is 5.18. The number of halogens is 1. The van der Waals surface area contributed by atoms with E-state index in [0.29, 0.717) is 22.6 Å². The van der Waals surface area contributed by atoms with Crippen molar-refractivity contribution < 1.29 is 10.2 Å². The Bertz CT molecular complexity index is 342. The van der Waals surface area contributed by atoms with Crippen molar-refractivity contribution in [2.75, 3.05) is 18.1 Å². The largest absolute Gasteiger partial charge is 0.395 e. The third-order valence-electron chi connectivity index (χ3n) is 2.75. The second kappa shape index (κ2) is 7.16. The molecule has 2 N–H and O–H groups in total. The van der Waals surface area contributed by atoms with Crippen molar-refractivity contribution in [3.63, 3.8) is 0 Å². The zero-order valence-electron chi connectivity index (χ0n) is 10.2. The fourth-order valence-corrected chi connectivity index (χ4v) is 3.03. The SMILES string of the molecule is CCC(CC)N(CCO)c1nc(Cl)c(CO)s1. The van der Waals surface area contributed by atoms with Crippen LogP contribution in [0, 0.1) is 0 Å². The summed E-state index contributed by atoms with van der Waals surface area (Å²) in [7, 11) is 0. The number of hydrogen-bond acceptors (Lipinski definition) is 5. The third-order valence-corrected chi connectivity index (χ3v) is 4.25. The standard InChI is InChI=1S/C11H19ClN2O2S/c1-3-8(4-2)14(5-6-15)11-13-10(12)9(7-16)17-11/h8,15-16H,3-7H2,1-2H3. The van der Waals surface area contributed by atoms with E-state index in [1.54, 1.807) is 0 Å². The molecule has 4 nitrogen and oxygen atoms in total. The molecule has 0 amide bonds. The molecule has 0 aliphatic heterocycles. The lowest BCUT2D eigenvalue weighted by Gasteiger charge is -2.29. The minimum Gasteiger partial charge on any atom is -0.395 e. The fraction of sp³-hybridized carbons (Fsp3) is 0.727. The number of aliphatic hydroxyl groups is 2. The lowest BCUT2D eigenvalue weighted by atomic mass is 10.1. The molecule has 0 aliphatic carbocycles. The van der Waals surface area contributed by atoms with Crippen molar-refractivity contribution >= 4 is 28.1 Å². The number of aliphatic hydroxyl groups excluding tert-OH is 2. The topological polar surface area (TPSA) is 56.6 Å². The van der Waals surface area contributed by atoms with Crippen LogP contribution in [-0.2, 0) is 6.61 Å². The van der Waals surface area contributed by atoms with Gasteiger partial charge >= 0.3 is 0 Å². The molecule has 6 heteroatoms. The van der Waals surface area contributed by atoms with E-state index in [1.807, 2.05) is 0 Å². The predicted octanol–water partition coefficient (Wildman–Crippen LogP) is 2.28. The maximum Gasteiger partial charge on any atom is 0.187 e. The lowest BCUT2D eigenvalue weighted by molar-refractivity contribution is 0.285. The van der Waals surface area contributed by atoms with Crippen LogP contribution >= 0.6 is 22.9 Å². The summed E-state index contributed by atoms with van der Waals surface area (Å²) in [5.41, 5.74) is 0. The first kappa shape index (κ1) is 14.7. The molecule has 1 rings (SSSR count). The van der Waals surface area contributed by atoms with Gasteiger partial charge in [0.1, 0.15) is 5.15 Å². The summed E-state index contributed by atoms with van der Waals surface area (Å²) in [6.07, 6.45) is 1.98. The molecule has 0 radical (unpaired) electrons. The first-order valence-corrected chi connectivity index (χ1v) is 7.00. The summed E-state index contributed by atoms with van der Waals surface area (Å²) in [6, 6.07) is 0.343. The van der Waals surface area contributed by atoms with Crippen molar-refractivity contribution in [2.24, 2.45) is 0 Å². The van der Waals surface area contributed by atoms with Crippen LogP contribution in [0.2, 0.25) is 5.15 Å². The van der Waals surface area contributed by atoms with Crippen LogP contribution in [0.5, 0.6) is 0 Å². The molecule has 1 aromatic heterocycles. The van der Waals surface area contributed by atoms with E-state index in [-0.39, 0.29) is 13.2 Å². The van der Waals surface area contributed by atoms with E-state index in [1.165, 1.54) is 11.3 Å². The number of nitrogens with zero attached hydrogens (tertiary/aromatic N) is 2. The Hall–Kier alpha value is -0.360. The molecule has 0 atom stereocenters. The molecule has 0 aromatic carbocycles. The summed E-state index contributed by atoms with van der Waals surface area (Å²) in [6.45, 7) is 4.76. The summed E-state index contributed by atoms with van der Waals surface area (Å²) in [4.78, 5) is 7.00. The lowest BCUT2D eigenvalue weighted by Crippen LogP contribution is -2.36. The van der Waals surface area contributed by atoms with Crippen molar-refractivity contribution in [2.45, 2.75) is 39.3 Å². The molecule has 98 valence electrons. The van der Waals surface area contributed by atoms with Crippen LogP contribution in [0.3, 0.4) is 0 Å². The quantitative estimate of drug-likeness (QED) is 0.803. The van der Waals surface area contributed by atoms with Crippen LogP contribution in [0.15, 0.2) is 0 Å². The van der Waals surface area contributed by atoms with Crippen molar-refractivity contribution in [1.29, 1.82) is 0 Å². The van der Waals surface area contributed by atoms with Gasteiger partial charge in [-0.25, -0.2) is 4.98 Å². The summed E-state index contributed by atoms with van der Waals surface area (Å²) >= 11 is 7.32. The molecule has 0 saturated carbocycles. The van der Waals surface area contributed by atoms with Gasteiger partial charge < -0.3 is 15.1 Å². The van der Waals surface area contributed by atoms with E-state index >= 15 is 0 Å². The number of thiazole rings is 1. The van der Waals surface area contributed by atoms with Gasteiger partial charge in [0.2, 0.25) is 0 Å². The van der Waals surface area contributed by atoms with E-state index in [0.717, 1.165) is 18.0 Å². The molecule has 17 heavy (non-hydrogen) atoms. The maximum atomic E-state index is 9.12. The third kappa shape index (κ3) is 3.55. The van der Waals surface area contributed by atoms with Crippen LogP contribution in [-0.4, -0.2) is 34.4 Å². The van der Waals surface area contributed by atoms with Gasteiger partial charge in [0, 0.05) is 12.6 Å². The Morgan fingerprint density at radius 3 is 2.41 bits per heavy atom. The van der Waals surface area contributed by atoms with Gasteiger partial charge in [-0.2, -0.15) is 0 Å². The van der Waals surface area contributed by atoms with Gasteiger partial charge in [0.15, 0.2) is 5.13 Å². The molecule has 0 spiro atoms. The van der Waals surface area contributed by atoms with Crippen LogP contribution < -0.4 is 4.90 Å². The Morgan fingerprint density at radius 1 is 1.35 bits per heavy atom. The summed E-state index contributed by atoms with van der Waals surface area (Å²) in [5, 5.41) is 19.4. The molecule has 0 bridgehead atoms. The zero-order chi connectivity index (χ0) is 12.8. The normalized spacial score (nSPS) is 11.2. The Balaban J connectivity index is 2.95. The van der Waals surface area contributed by atoms with Gasteiger partial charge in [0.25, 0.3) is 0 Å². The Kier molecular flexibility index (Phi) is 6.19. The van der Waals surface area contributed by atoms with Crippen molar-refractivity contribution in [3.8, 4) is 0 Å². The highest BCUT2D eigenvalue weighted by atomic mass is 35.5. The van der Waals surface area contributed by atoms with E-state index in [2.05, 4.69) is 23.7 Å². The predicted molar refractivity (Wildman–Crippen MR) is 71.8 cm³/mol. The summed E-state index contributed by atoms with van der Waals surface area (Å²) in [5.74, 6) is 0. The van der Waals surface area contributed by atoms with Crippen LogP contribution in [0.25, 0.3) is 0 Å². The maximum absolute atomic E-state index is 9.12. The molecular formula is C11H19ClN2O2S. The molecular weight excluding hydrogens is 260 g/mol. The average molecular weight is 279 g/mol. The van der Waals surface area contributed by atoms with Crippen LogP contribution in [0.4, 0.5) is 5.13 Å². The minimum atomic E-state index is -0.0909. The zero-order valence-corrected chi connectivity index (χ0v) is 11.8. The van der Waals surface area contributed by atoms with Gasteiger partial charge in [-0.05, 0) is 12.8 Å². The monoisotopic (exact) mass is 278 g/mol. The van der Waals surface area contributed by atoms with E-state index in [9.17, 15) is 0 Å². The fourth-order valence-electron chi connectivity index (χ4n) is 1.81. The molecule has 0 saturated heterocycles. The Morgan fingerprint density at radius 2 is 2.00 bits per heavy atom. The number of hydrogen-bond donors (Lipinski definition) is 2. The van der Waals surface area contributed by atoms with Crippen molar-refractivity contribution in [1.82, 2.24) is 4.98 Å². The highest BCUT2D eigenvalue weighted by Gasteiger charge is 2.20. The molecule has 0 fully saturated rings. The minimum absolute atomic E-state index is 0.0855. The van der Waals surface area contributed by atoms with Crippen molar-refractivity contribution in [3.05, 3.63) is 10.0 Å². The molecule has 0 unspecified atom stereocenters. The Labute approximate surface area is 111 Å². The van der Waals surface area contributed by atoms with Gasteiger partial charge in [0.05, 0.1) is 18.1 Å². The highest BCUT2D eigenvalue weighted by Crippen LogP contribution is 2.31. The van der Waals surface area contributed by atoms with Crippen LogP contribution in [0.1, 0.15) is 31.6 Å².